The van der Waals surface area contributed by atoms with Crippen LogP contribution >= 0.6 is 12.2 Å². The Kier molecular flexibility index (Phi) is 4.49. The van der Waals surface area contributed by atoms with Crippen molar-refractivity contribution in [2.24, 2.45) is 23.0 Å². The molecule has 3 nitrogen and oxygen atoms in total. The molecule has 0 spiro atoms. The van der Waals surface area contributed by atoms with E-state index >= 15 is 0 Å². The Morgan fingerprint density at radius 2 is 1.89 bits per heavy atom. The van der Waals surface area contributed by atoms with Crippen LogP contribution in [0, 0.1) is 17.3 Å². The van der Waals surface area contributed by atoms with E-state index in [9.17, 15) is 4.79 Å². The summed E-state index contributed by atoms with van der Waals surface area (Å²) < 4.78 is 0. The summed E-state index contributed by atoms with van der Waals surface area (Å²) in [5.41, 5.74) is 5.31. The Hall–Kier alpha value is -0.640. The molecule has 4 heteroatoms. The van der Waals surface area contributed by atoms with Crippen LogP contribution in [0.3, 0.4) is 0 Å². The highest BCUT2D eigenvalue weighted by atomic mass is 32.1. The smallest absolute Gasteiger partial charge is 0.233 e. The molecule has 0 radical (unpaired) electrons. The SMILES string of the molecule is CC1CCC(NC(=O)C2(C(N)=S)CCCC2)C(C)C1. The summed E-state index contributed by atoms with van der Waals surface area (Å²) in [6.45, 7) is 4.53. The number of amides is 1. The first-order valence-electron chi connectivity index (χ1n) is 7.56. The van der Waals surface area contributed by atoms with E-state index in [2.05, 4.69) is 19.2 Å². The predicted molar refractivity (Wildman–Crippen MR) is 81.8 cm³/mol. The van der Waals surface area contributed by atoms with Gasteiger partial charge in [-0.2, -0.15) is 0 Å². The third-order valence-corrected chi connectivity index (χ3v) is 5.50. The normalized spacial score (nSPS) is 33.9. The summed E-state index contributed by atoms with van der Waals surface area (Å²) >= 11 is 5.18. The molecule has 0 bridgehead atoms. The molecule has 3 atom stereocenters. The van der Waals surface area contributed by atoms with Crippen LogP contribution in [0.5, 0.6) is 0 Å². The Balaban J connectivity index is 2.02. The van der Waals surface area contributed by atoms with Gasteiger partial charge in [-0.05, 0) is 43.9 Å². The fraction of sp³-hybridized carbons (Fsp3) is 0.867. The summed E-state index contributed by atoms with van der Waals surface area (Å²) in [6.07, 6.45) is 7.25. The maximum Gasteiger partial charge on any atom is 0.233 e. The van der Waals surface area contributed by atoms with E-state index in [1.807, 2.05) is 0 Å². The van der Waals surface area contributed by atoms with Gasteiger partial charge in [-0.1, -0.05) is 38.9 Å². The minimum atomic E-state index is -0.557. The van der Waals surface area contributed by atoms with Gasteiger partial charge in [0.05, 0.1) is 10.4 Å². The zero-order valence-electron chi connectivity index (χ0n) is 12.1. The van der Waals surface area contributed by atoms with Gasteiger partial charge < -0.3 is 11.1 Å². The highest BCUT2D eigenvalue weighted by molar-refractivity contribution is 7.80. The van der Waals surface area contributed by atoms with Gasteiger partial charge in [-0.15, -0.1) is 0 Å². The second-order valence-electron chi connectivity index (χ2n) is 6.63. The zero-order chi connectivity index (χ0) is 14.0. The van der Waals surface area contributed by atoms with Crippen LogP contribution in [-0.2, 0) is 4.79 Å². The van der Waals surface area contributed by atoms with Crippen molar-refractivity contribution in [3.63, 3.8) is 0 Å². The van der Waals surface area contributed by atoms with E-state index in [1.165, 1.54) is 12.8 Å². The standard InChI is InChI=1S/C15H26N2OS/c1-10-5-6-12(11(2)9-10)17-14(18)15(13(16)19)7-3-4-8-15/h10-12H,3-9H2,1-2H3,(H2,16,19)(H,17,18). The van der Waals surface area contributed by atoms with Crippen molar-refractivity contribution >= 4 is 23.1 Å². The lowest BCUT2D eigenvalue weighted by Crippen LogP contribution is -2.52. The number of carbonyl (C=O) groups is 1. The van der Waals surface area contributed by atoms with Crippen LogP contribution in [-0.4, -0.2) is 16.9 Å². The third kappa shape index (κ3) is 2.93. The van der Waals surface area contributed by atoms with Crippen molar-refractivity contribution in [3.05, 3.63) is 0 Å². The first-order valence-corrected chi connectivity index (χ1v) is 7.97. The molecule has 2 saturated carbocycles. The van der Waals surface area contributed by atoms with Crippen molar-refractivity contribution in [1.82, 2.24) is 5.32 Å². The van der Waals surface area contributed by atoms with Crippen molar-refractivity contribution in [2.45, 2.75) is 64.8 Å². The van der Waals surface area contributed by atoms with Crippen molar-refractivity contribution in [3.8, 4) is 0 Å². The molecule has 0 aromatic rings. The summed E-state index contributed by atoms with van der Waals surface area (Å²) in [6, 6.07) is 0.301. The molecule has 2 aliphatic carbocycles. The molecule has 2 aliphatic rings. The van der Waals surface area contributed by atoms with E-state index in [0.717, 1.165) is 38.0 Å². The maximum atomic E-state index is 12.6. The molecule has 0 aromatic carbocycles. The largest absolute Gasteiger partial charge is 0.392 e. The number of nitrogens with one attached hydrogen (secondary N) is 1. The van der Waals surface area contributed by atoms with Crippen molar-refractivity contribution in [2.75, 3.05) is 0 Å². The van der Waals surface area contributed by atoms with E-state index in [1.54, 1.807) is 0 Å². The fourth-order valence-corrected chi connectivity index (χ4v) is 4.05. The summed E-state index contributed by atoms with van der Waals surface area (Å²) in [4.78, 5) is 13.0. The Labute approximate surface area is 121 Å². The molecule has 19 heavy (non-hydrogen) atoms. The topological polar surface area (TPSA) is 55.1 Å². The van der Waals surface area contributed by atoms with E-state index in [0.29, 0.717) is 16.9 Å². The zero-order valence-corrected chi connectivity index (χ0v) is 12.9. The molecule has 0 heterocycles. The van der Waals surface area contributed by atoms with E-state index in [-0.39, 0.29) is 5.91 Å². The van der Waals surface area contributed by atoms with Crippen LogP contribution in [0.4, 0.5) is 0 Å². The molecule has 2 rings (SSSR count). The fourth-order valence-electron chi connectivity index (χ4n) is 3.75. The first kappa shape index (κ1) is 14.8. The molecule has 0 aromatic heterocycles. The quantitative estimate of drug-likeness (QED) is 0.783. The van der Waals surface area contributed by atoms with E-state index < -0.39 is 5.41 Å². The number of thiocarbonyl (C=S) groups is 1. The molecular weight excluding hydrogens is 256 g/mol. The number of hydrogen-bond donors (Lipinski definition) is 2. The van der Waals surface area contributed by atoms with Crippen molar-refractivity contribution < 1.29 is 4.79 Å². The average molecular weight is 282 g/mol. The number of hydrogen-bond acceptors (Lipinski definition) is 2. The highest BCUT2D eigenvalue weighted by Gasteiger charge is 2.45. The van der Waals surface area contributed by atoms with Gasteiger partial charge in [0.15, 0.2) is 0 Å². The van der Waals surface area contributed by atoms with Gasteiger partial charge in [0, 0.05) is 6.04 Å². The predicted octanol–water partition coefficient (Wildman–Crippen LogP) is 2.77. The van der Waals surface area contributed by atoms with Crippen LogP contribution < -0.4 is 11.1 Å². The van der Waals surface area contributed by atoms with Gasteiger partial charge in [-0.25, -0.2) is 0 Å². The monoisotopic (exact) mass is 282 g/mol. The number of carbonyl (C=O) groups excluding carboxylic acids is 1. The summed E-state index contributed by atoms with van der Waals surface area (Å²) in [5, 5.41) is 3.25. The molecule has 3 unspecified atom stereocenters. The van der Waals surface area contributed by atoms with Gasteiger partial charge >= 0.3 is 0 Å². The molecule has 0 aliphatic heterocycles. The lowest BCUT2D eigenvalue weighted by Gasteiger charge is -2.36. The first-order chi connectivity index (χ1) is 8.95. The highest BCUT2D eigenvalue weighted by Crippen LogP contribution is 2.39. The third-order valence-electron chi connectivity index (χ3n) is 5.11. The summed E-state index contributed by atoms with van der Waals surface area (Å²) in [7, 11) is 0. The Bertz CT molecular complexity index is 363. The second-order valence-corrected chi connectivity index (χ2v) is 7.07. The van der Waals surface area contributed by atoms with Crippen molar-refractivity contribution in [1.29, 1.82) is 0 Å². The number of rotatable bonds is 3. The summed E-state index contributed by atoms with van der Waals surface area (Å²) in [5.74, 6) is 1.42. The van der Waals surface area contributed by atoms with Gasteiger partial charge in [0.1, 0.15) is 0 Å². The second kappa shape index (κ2) is 5.78. The molecule has 2 fully saturated rings. The molecule has 0 saturated heterocycles. The molecule has 3 N–H and O–H groups in total. The molecular formula is C15H26N2OS. The molecule has 108 valence electrons. The number of nitrogens with two attached hydrogens (primary N) is 1. The molecule has 1 amide bonds. The lowest BCUT2D eigenvalue weighted by molar-refractivity contribution is -0.128. The van der Waals surface area contributed by atoms with Crippen LogP contribution in [0.25, 0.3) is 0 Å². The van der Waals surface area contributed by atoms with Gasteiger partial charge in [-0.3, -0.25) is 4.79 Å². The van der Waals surface area contributed by atoms with Crippen LogP contribution in [0.2, 0.25) is 0 Å². The average Bonchev–Trinajstić information content (AvgIpc) is 2.83. The van der Waals surface area contributed by atoms with E-state index in [4.69, 9.17) is 18.0 Å². The minimum absolute atomic E-state index is 0.0869. The van der Waals surface area contributed by atoms with Crippen LogP contribution in [0.15, 0.2) is 0 Å². The maximum absolute atomic E-state index is 12.6. The lowest BCUT2D eigenvalue weighted by atomic mass is 9.78. The Morgan fingerprint density at radius 3 is 2.42 bits per heavy atom. The van der Waals surface area contributed by atoms with Gasteiger partial charge in [0.2, 0.25) is 5.91 Å². The van der Waals surface area contributed by atoms with Gasteiger partial charge in [0.25, 0.3) is 0 Å². The Morgan fingerprint density at radius 1 is 1.26 bits per heavy atom. The van der Waals surface area contributed by atoms with Crippen LogP contribution in [0.1, 0.15) is 58.8 Å². The minimum Gasteiger partial charge on any atom is -0.392 e.